The lowest BCUT2D eigenvalue weighted by Gasteiger charge is -2.26. The zero-order valence-electron chi connectivity index (χ0n) is 15.1. The van der Waals surface area contributed by atoms with Crippen LogP contribution in [0.5, 0.6) is 0 Å². The molecule has 1 unspecified atom stereocenters. The van der Waals surface area contributed by atoms with Crippen molar-refractivity contribution in [3.8, 4) is 0 Å². The molecule has 140 valence electrons. The third-order valence-corrected chi connectivity index (χ3v) is 5.71. The van der Waals surface area contributed by atoms with Crippen LogP contribution in [0.25, 0.3) is 21.8 Å². The minimum atomic E-state index is -0.116. The van der Waals surface area contributed by atoms with Crippen LogP contribution in [0, 0.1) is 0 Å². The van der Waals surface area contributed by atoms with Gasteiger partial charge in [0.2, 0.25) is 0 Å². The number of nitrogens with one attached hydrogen (secondary N) is 1. The van der Waals surface area contributed by atoms with Crippen molar-refractivity contribution in [2.24, 2.45) is 0 Å². The summed E-state index contributed by atoms with van der Waals surface area (Å²) in [7, 11) is 2.45. The molecule has 1 saturated heterocycles. The number of carbonyl (C=O) groups excluding carboxylic acids is 1. The Bertz CT molecular complexity index is 1060. The van der Waals surface area contributed by atoms with Crippen LogP contribution in [0.3, 0.4) is 0 Å². The molecule has 0 saturated carbocycles. The molecule has 2 aromatic heterocycles. The first-order valence-electron chi connectivity index (χ1n) is 9.34. The summed E-state index contributed by atoms with van der Waals surface area (Å²) in [6, 6.07) is 8.89. The number of pyridine rings is 2. The van der Waals surface area contributed by atoms with E-state index < -0.39 is 0 Å². The van der Waals surface area contributed by atoms with Gasteiger partial charge in [-0.05, 0) is 65.7 Å². The van der Waals surface area contributed by atoms with Crippen molar-refractivity contribution in [1.29, 1.82) is 0 Å². The van der Waals surface area contributed by atoms with Gasteiger partial charge >= 0.3 is 0 Å². The molecule has 1 fully saturated rings. The molecule has 3 heterocycles. The maximum atomic E-state index is 12.6. The van der Waals surface area contributed by atoms with Crippen LogP contribution in [-0.2, 0) is 0 Å². The van der Waals surface area contributed by atoms with Gasteiger partial charge in [-0.1, -0.05) is 6.42 Å². The Morgan fingerprint density at radius 3 is 2.78 bits per heavy atom. The summed E-state index contributed by atoms with van der Waals surface area (Å²) in [6.45, 7) is 3.76. The lowest BCUT2D eigenvalue weighted by atomic mass is 10.1. The summed E-state index contributed by atoms with van der Waals surface area (Å²) in [4.78, 5) is 31.8. The number of nitrogens with zero attached hydrogens (tertiary/aromatic N) is 3. The van der Waals surface area contributed by atoms with Crippen LogP contribution < -0.4 is 10.9 Å². The number of aromatic nitrogens is 2. The summed E-state index contributed by atoms with van der Waals surface area (Å²) >= 11 is 0. The normalized spacial score (nSPS) is 15.3. The summed E-state index contributed by atoms with van der Waals surface area (Å²) in [5, 5.41) is 4.35. The Morgan fingerprint density at radius 1 is 1.15 bits per heavy atom. The first kappa shape index (κ1) is 18.1. The summed E-state index contributed by atoms with van der Waals surface area (Å²) in [5.74, 6) is -0.0977. The smallest absolute Gasteiger partial charge is 0.263 e. The molecule has 0 bridgehead atoms. The first-order chi connectivity index (χ1) is 13.1. The predicted molar refractivity (Wildman–Crippen MR) is 111 cm³/mol. The van der Waals surface area contributed by atoms with Crippen LogP contribution in [-0.4, -0.2) is 46.3 Å². The van der Waals surface area contributed by atoms with E-state index in [9.17, 15) is 9.59 Å². The zero-order valence-corrected chi connectivity index (χ0v) is 16.3. The molecular formula is C20H23N4O2P. The molecule has 0 spiro atoms. The standard InChI is InChI=1S/C20H23N4O2P/c25-19(22-9-12-23-10-2-1-3-11-23)14-6-7-17-16(13-14)18-15(5-4-8-21-18)20(26)24(17)27/h4-8,13H,1-3,9-12,27H2,(H,22,25). The van der Waals surface area contributed by atoms with E-state index in [4.69, 9.17) is 0 Å². The Labute approximate surface area is 159 Å². The number of benzene rings is 1. The number of fused-ring (bicyclic) bond motifs is 3. The lowest BCUT2D eigenvalue weighted by molar-refractivity contribution is 0.0946. The highest BCUT2D eigenvalue weighted by Gasteiger charge is 2.14. The monoisotopic (exact) mass is 382 g/mol. The Hall–Kier alpha value is -2.30. The van der Waals surface area contributed by atoms with Gasteiger partial charge in [-0.3, -0.25) is 18.9 Å². The van der Waals surface area contributed by atoms with Crippen molar-refractivity contribution in [3.63, 3.8) is 0 Å². The third-order valence-electron chi connectivity index (χ3n) is 5.19. The quantitative estimate of drug-likeness (QED) is 0.556. The average molecular weight is 382 g/mol. The van der Waals surface area contributed by atoms with Crippen molar-refractivity contribution in [2.45, 2.75) is 19.3 Å². The second-order valence-electron chi connectivity index (χ2n) is 6.96. The molecule has 4 rings (SSSR count). The van der Waals surface area contributed by atoms with Crippen molar-refractivity contribution in [2.75, 3.05) is 26.2 Å². The first-order valence-corrected chi connectivity index (χ1v) is 9.86. The van der Waals surface area contributed by atoms with Gasteiger partial charge in [0.1, 0.15) is 0 Å². The fourth-order valence-corrected chi connectivity index (χ4v) is 4.09. The molecule has 1 atom stereocenters. The van der Waals surface area contributed by atoms with Gasteiger partial charge in [-0.2, -0.15) is 0 Å². The Kier molecular flexibility index (Phi) is 5.19. The fraction of sp³-hybridized carbons (Fsp3) is 0.350. The highest BCUT2D eigenvalue weighted by Crippen LogP contribution is 2.23. The molecule has 1 aromatic carbocycles. The minimum Gasteiger partial charge on any atom is -0.351 e. The Morgan fingerprint density at radius 2 is 1.96 bits per heavy atom. The largest absolute Gasteiger partial charge is 0.351 e. The molecule has 0 radical (unpaired) electrons. The van der Waals surface area contributed by atoms with E-state index in [1.165, 1.54) is 23.6 Å². The van der Waals surface area contributed by atoms with Gasteiger partial charge in [0.25, 0.3) is 11.5 Å². The molecule has 0 aliphatic carbocycles. The van der Waals surface area contributed by atoms with Gasteiger partial charge in [-0.25, -0.2) is 0 Å². The number of hydrogen-bond acceptors (Lipinski definition) is 4. The average Bonchev–Trinajstić information content (AvgIpc) is 2.72. The minimum absolute atomic E-state index is 0.0977. The van der Waals surface area contributed by atoms with Crippen LogP contribution in [0.4, 0.5) is 0 Å². The van der Waals surface area contributed by atoms with E-state index in [2.05, 4.69) is 24.6 Å². The molecule has 1 amide bonds. The maximum absolute atomic E-state index is 12.6. The number of carbonyl (C=O) groups is 1. The van der Waals surface area contributed by atoms with E-state index in [0.29, 0.717) is 23.0 Å². The number of amides is 1. The van der Waals surface area contributed by atoms with E-state index in [1.54, 1.807) is 30.5 Å². The van der Waals surface area contributed by atoms with Gasteiger partial charge < -0.3 is 10.2 Å². The third kappa shape index (κ3) is 3.60. The molecule has 1 N–H and O–H groups in total. The number of rotatable bonds is 4. The topological polar surface area (TPSA) is 67.2 Å². The van der Waals surface area contributed by atoms with E-state index in [0.717, 1.165) is 30.5 Å². The van der Waals surface area contributed by atoms with E-state index >= 15 is 0 Å². The van der Waals surface area contributed by atoms with Crippen molar-refractivity contribution < 1.29 is 4.79 Å². The summed E-state index contributed by atoms with van der Waals surface area (Å²) in [6.07, 6.45) is 5.47. The molecule has 7 heteroatoms. The molecule has 1 aliphatic rings. The number of piperidine rings is 1. The Balaban J connectivity index is 1.59. The second kappa shape index (κ2) is 7.75. The molecule has 1 aliphatic heterocycles. The van der Waals surface area contributed by atoms with Crippen molar-refractivity contribution in [3.05, 3.63) is 52.4 Å². The fourth-order valence-electron chi connectivity index (χ4n) is 3.72. The van der Waals surface area contributed by atoms with Gasteiger partial charge in [0, 0.05) is 30.2 Å². The van der Waals surface area contributed by atoms with Crippen LogP contribution in [0.2, 0.25) is 0 Å². The highest BCUT2D eigenvalue weighted by molar-refractivity contribution is 7.14. The second-order valence-corrected chi connectivity index (χ2v) is 7.48. The van der Waals surface area contributed by atoms with Gasteiger partial charge in [-0.15, -0.1) is 0 Å². The highest BCUT2D eigenvalue weighted by atomic mass is 31.0. The molecule has 3 aromatic rings. The maximum Gasteiger partial charge on any atom is 0.263 e. The van der Waals surface area contributed by atoms with Crippen molar-refractivity contribution >= 4 is 37.1 Å². The van der Waals surface area contributed by atoms with Crippen LogP contribution in [0.15, 0.2) is 41.3 Å². The van der Waals surface area contributed by atoms with Crippen LogP contribution in [0.1, 0.15) is 29.6 Å². The predicted octanol–water partition coefficient (Wildman–Crippen LogP) is 2.40. The zero-order chi connectivity index (χ0) is 18.8. The summed E-state index contributed by atoms with van der Waals surface area (Å²) < 4.78 is 1.53. The number of likely N-dealkylation sites (tertiary alicyclic amines) is 1. The van der Waals surface area contributed by atoms with E-state index in [1.807, 2.05) is 6.07 Å². The van der Waals surface area contributed by atoms with Crippen LogP contribution >= 0.6 is 9.39 Å². The van der Waals surface area contributed by atoms with Gasteiger partial charge in [0.05, 0.1) is 16.4 Å². The molecule has 27 heavy (non-hydrogen) atoms. The number of hydrogen-bond donors (Lipinski definition) is 1. The molecule has 6 nitrogen and oxygen atoms in total. The van der Waals surface area contributed by atoms with E-state index in [-0.39, 0.29) is 11.5 Å². The SMILES string of the molecule is O=C(NCCN1CCCCC1)c1ccc2c(c1)c1ncccc1c(=O)n2P. The van der Waals surface area contributed by atoms with Gasteiger partial charge in [0.15, 0.2) is 0 Å². The lowest BCUT2D eigenvalue weighted by Crippen LogP contribution is -2.37. The molecular weight excluding hydrogens is 359 g/mol. The summed E-state index contributed by atoms with van der Waals surface area (Å²) in [5.41, 5.74) is 1.83. The van der Waals surface area contributed by atoms with Crippen molar-refractivity contribution in [1.82, 2.24) is 19.5 Å².